The van der Waals surface area contributed by atoms with Crippen molar-refractivity contribution < 1.29 is 14.3 Å². The Kier molecular flexibility index (Phi) is 8.39. The fourth-order valence-corrected chi connectivity index (χ4v) is 1.82. The molecule has 2 atom stereocenters. The highest BCUT2D eigenvalue weighted by Crippen LogP contribution is 2.08. The van der Waals surface area contributed by atoms with Gasteiger partial charge in [0.25, 0.3) is 0 Å². The van der Waals surface area contributed by atoms with E-state index in [1.807, 2.05) is 27.7 Å². The number of nitrogens with two attached hydrogens (primary N) is 1. The molecule has 5 heteroatoms. The van der Waals surface area contributed by atoms with Crippen LogP contribution in [-0.2, 0) is 14.3 Å². The number of ether oxygens (including phenoxy) is 1. The van der Waals surface area contributed by atoms with Crippen molar-refractivity contribution in [1.29, 1.82) is 0 Å². The molecule has 0 aliphatic rings. The summed E-state index contributed by atoms with van der Waals surface area (Å²) in [6, 6.07) is -1.19. The number of carbonyl (C=O) groups excluding carboxylic acids is 2. The van der Waals surface area contributed by atoms with Crippen molar-refractivity contribution >= 4 is 11.9 Å². The maximum atomic E-state index is 11.9. The van der Waals surface area contributed by atoms with Crippen LogP contribution in [0.2, 0.25) is 0 Å². The second-order valence-corrected chi connectivity index (χ2v) is 5.68. The third-order valence-corrected chi connectivity index (χ3v) is 2.66. The van der Waals surface area contributed by atoms with Gasteiger partial charge in [0.05, 0.1) is 12.6 Å². The van der Waals surface area contributed by atoms with Crippen molar-refractivity contribution in [2.75, 3.05) is 6.61 Å². The predicted octanol–water partition coefficient (Wildman–Crippen LogP) is 1.45. The van der Waals surface area contributed by atoms with E-state index in [4.69, 9.17) is 10.5 Å². The van der Waals surface area contributed by atoms with Gasteiger partial charge < -0.3 is 15.8 Å². The van der Waals surface area contributed by atoms with E-state index in [1.54, 1.807) is 6.92 Å². The Morgan fingerprint density at radius 1 is 1.11 bits per heavy atom. The van der Waals surface area contributed by atoms with Crippen molar-refractivity contribution in [2.45, 2.75) is 59.5 Å². The predicted molar refractivity (Wildman–Crippen MR) is 75.4 cm³/mol. The van der Waals surface area contributed by atoms with Gasteiger partial charge in [-0.25, -0.2) is 4.79 Å². The molecule has 0 spiro atoms. The summed E-state index contributed by atoms with van der Waals surface area (Å²) in [7, 11) is 0. The van der Waals surface area contributed by atoms with Crippen molar-refractivity contribution in [1.82, 2.24) is 5.32 Å². The zero-order valence-electron chi connectivity index (χ0n) is 12.7. The van der Waals surface area contributed by atoms with E-state index in [0.717, 1.165) is 0 Å². The molecule has 0 heterocycles. The summed E-state index contributed by atoms with van der Waals surface area (Å²) in [5.41, 5.74) is 5.81. The summed E-state index contributed by atoms with van der Waals surface area (Å²) >= 11 is 0. The number of carbonyl (C=O) groups is 2. The van der Waals surface area contributed by atoms with E-state index < -0.39 is 12.1 Å². The van der Waals surface area contributed by atoms with Gasteiger partial charge in [0, 0.05) is 0 Å². The van der Waals surface area contributed by atoms with Crippen LogP contribution in [0, 0.1) is 11.8 Å². The van der Waals surface area contributed by atoms with Crippen LogP contribution in [0.25, 0.3) is 0 Å². The molecule has 1 amide bonds. The van der Waals surface area contributed by atoms with E-state index in [1.165, 1.54) is 0 Å². The average molecular weight is 272 g/mol. The normalized spacial score (nSPS) is 14.3. The molecule has 112 valence electrons. The van der Waals surface area contributed by atoms with Crippen LogP contribution >= 0.6 is 0 Å². The van der Waals surface area contributed by atoms with Gasteiger partial charge in [-0.05, 0) is 31.6 Å². The highest BCUT2D eigenvalue weighted by Gasteiger charge is 2.25. The Labute approximate surface area is 116 Å². The molecule has 0 saturated carbocycles. The SMILES string of the molecule is CCOC(=O)C(CC(C)C)NC(=O)C(N)CC(C)C. The summed E-state index contributed by atoms with van der Waals surface area (Å²) in [6.07, 6.45) is 1.15. The van der Waals surface area contributed by atoms with Gasteiger partial charge in [-0.1, -0.05) is 27.7 Å². The maximum Gasteiger partial charge on any atom is 0.328 e. The zero-order chi connectivity index (χ0) is 15.0. The maximum absolute atomic E-state index is 11.9. The lowest BCUT2D eigenvalue weighted by molar-refractivity contribution is -0.148. The van der Waals surface area contributed by atoms with Crippen molar-refractivity contribution in [3.8, 4) is 0 Å². The summed E-state index contributed by atoms with van der Waals surface area (Å²) in [5, 5.41) is 2.70. The van der Waals surface area contributed by atoms with E-state index in [0.29, 0.717) is 25.4 Å². The first-order valence-corrected chi connectivity index (χ1v) is 7.00. The lowest BCUT2D eigenvalue weighted by Crippen LogP contribution is -2.49. The molecule has 0 aromatic carbocycles. The lowest BCUT2D eigenvalue weighted by atomic mass is 10.0. The Bertz CT molecular complexity index is 290. The lowest BCUT2D eigenvalue weighted by Gasteiger charge is -2.21. The van der Waals surface area contributed by atoms with Gasteiger partial charge in [-0.3, -0.25) is 4.79 Å². The molecule has 0 fully saturated rings. The van der Waals surface area contributed by atoms with Crippen LogP contribution in [0.15, 0.2) is 0 Å². The van der Waals surface area contributed by atoms with Crippen molar-refractivity contribution in [3.63, 3.8) is 0 Å². The second-order valence-electron chi connectivity index (χ2n) is 5.68. The number of rotatable bonds is 8. The highest BCUT2D eigenvalue weighted by molar-refractivity contribution is 5.87. The Morgan fingerprint density at radius 2 is 1.63 bits per heavy atom. The largest absolute Gasteiger partial charge is 0.464 e. The van der Waals surface area contributed by atoms with Gasteiger partial charge in [0.2, 0.25) is 5.91 Å². The molecular weight excluding hydrogens is 244 g/mol. The number of hydrogen-bond donors (Lipinski definition) is 2. The molecule has 0 bridgehead atoms. The first kappa shape index (κ1) is 17.9. The molecule has 5 nitrogen and oxygen atoms in total. The van der Waals surface area contributed by atoms with Gasteiger partial charge >= 0.3 is 5.97 Å². The molecule has 0 radical (unpaired) electrons. The second kappa shape index (κ2) is 8.91. The highest BCUT2D eigenvalue weighted by atomic mass is 16.5. The standard InChI is InChI=1S/C14H28N2O3/c1-6-19-14(18)12(8-10(4)5)16-13(17)11(15)7-9(2)3/h9-12H,6-8,15H2,1-5H3,(H,16,17). The fourth-order valence-electron chi connectivity index (χ4n) is 1.82. The molecule has 2 unspecified atom stereocenters. The van der Waals surface area contributed by atoms with Crippen molar-refractivity contribution in [2.24, 2.45) is 17.6 Å². The van der Waals surface area contributed by atoms with Gasteiger partial charge in [0.1, 0.15) is 6.04 Å². The summed E-state index contributed by atoms with van der Waals surface area (Å²) in [4.78, 5) is 23.7. The van der Waals surface area contributed by atoms with Crippen LogP contribution in [0.5, 0.6) is 0 Å². The topological polar surface area (TPSA) is 81.4 Å². The molecule has 0 saturated heterocycles. The number of esters is 1. The summed E-state index contributed by atoms with van der Waals surface area (Å²) in [6.45, 7) is 10.0. The molecule has 0 aromatic heterocycles. The van der Waals surface area contributed by atoms with Crippen LogP contribution in [-0.4, -0.2) is 30.6 Å². The molecule has 0 aliphatic carbocycles. The average Bonchev–Trinajstić information content (AvgIpc) is 2.26. The Balaban J connectivity index is 4.53. The van der Waals surface area contributed by atoms with E-state index >= 15 is 0 Å². The van der Waals surface area contributed by atoms with E-state index in [9.17, 15) is 9.59 Å². The van der Waals surface area contributed by atoms with Crippen LogP contribution < -0.4 is 11.1 Å². The summed E-state index contributed by atoms with van der Waals surface area (Å²) < 4.78 is 4.97. The minimum Gasteiger partial charge on any atom is -0.464 e. The molecular formula is C14H28N2O3. The molecule has 3 N–H and O–H groups in total. The van der Waals surface area contributed by atoms with E-state index in [2.05, 4.69) is 5.32 Å². The van der Waals surface area contributed by atoms with Crippen molar-refractivity contribution in [3.05, 3.63) is 0 Å². The molecule has 0 aromatic rings. The molecule has 0 aliphatic heterocycles. The Morgan fingerprint density at radius 3 is 2.05 bits per heavy atom. The van der Waals surface area contributed by atoms with E-state index in [-0.39, 0.29) is 17.8 Å². The Hall–Kier alpha value is -1.10. The van der Waals surface area contributed by atoms with Crippen LogP contribution in [0.1, 0.15) is 47.5 Å². The summed E-state index contributed by atoms with van der Waals surface area (Å²) in [5.74, 6) is -0.0448. The number of amides is 1. The fraction of sp³-hybridized carbons (Fsp3) is 0.857. The third kappa shape index (κ3) is 7.82. The van der Waals surface area contributed by atoms with Gasteiger partial charge in [0.15, 0.2) is 0 Å². The zero-order valence-corrected chi connectivity index (χ0v) is 12.7. The third-order valence-electron chi connectivity index (χ3n) is 2.66. The number of nitrogens with one attached hydrogen (secondary N) is 1. The minimum absolute atomic E-state index is 0.285. The number of hydrogen-bond acceptors (Lipinski definition) is 4. The monoisotopic (exact) mass is 272 g/mol. The van der Waals surface area contributed by atoms with Gasteiger partial charge in [-0.15, -0.1) is 0 Å². The minimum atomic E-state index is -0.606. The van der Waals surface area contributed by atoms with Gasteiger partial charge in [-0.2, -0.15) is 0 Å². The first-order valence-electron chi connectivity index (χ1n) is 7.00. The molecule has 0 rings (SSSR count). The smallest absolute Gasteiger partial charge is 0.328 e. The van der Waals surface area contributed by atoms with Crippen LogP contribution in [0.4, 0.5) is 0 Å². The van der Waals surface area contributed by atoms with Crippen LogP contribution in [0.3, 0.4) is 0 Å². The first-order chi connectivity index (χ1) is 8.77. The quantitative estimate of drug-likeness (QED) is 0.655. The molecule has 19 heavy (non-hydrogen) atoms.